The number of nitrogens with one attached hydrogen (secondary N) is 1. The third-order valence-corrected chi connectivity index (χ3v) is 2.99. The average molecular weight is 279 g/mol. The summed E-state index contributed by atoms with van der Waals surface area (Å²) in [5.74, 6) is 3.17. The standard InChI is InChI=1S/C15H25N3O2/c1-6-7-9-17-14(16-5)18-10-8-12(11-18)13(19)20-15(2,3)4/h1,12H,7-11H2,2-5H3,(H,16,17). The number of carbonyl (C=O) groups excluding carboxylic acids is 1. The van der Waals surface area contributed by atoms with Crippen molar-refractivity contribution in [1.82, 2.24) is 10.2 Å². The van der Waals surface area contributed by atoms with Gasteiger partial charge in [0.2, 0.25) is 0 Å². The Morgan fingerprint density at radius 1 is 1.55 bits per heavy atom. The van der Waals surface area contributed by atoms with Gasteiger partial charge in [0.1, 0.15) is 5.60 Å². The maximum Gasteiger partial charge on any atom is 0.311 e. The Morgan fingerprint density at radius 2 is 2.25 bits per heavy atom. The molecule has 5 nitrogen and oxygen atoms in total. The lowest BCUT2D eigenvalue weighted by atomic mass is 10.1. The molecule has 0 saturated carbocycles. The summed E-state index contributed by atoms with van der Waals surface area (Å²) in [6, 6.07) is 0. The van der Waals surface area contributed by atoms with Crippen LogP contribution >= 0.6 is 0 Å². The lowest BCUT2D eigenvalue weighted by Crippen LogP contribution is -2.41. The summed E-state index contributed by atoms with van der Waals surface area (Å²) in [7, 11) is 1.74. The van der Waals surface area contributed by atoms with Crippen molar-refractivity contribution in [3.05, 3.63) is 0 Å². The number of aliphatic imine (C=N–C) groups is 1. The average Bonchev–Trinajstić information content (AvgIpc) is 2.82. The van der Waals surface area contributed by atoms with Gasteiger partial charge in [0.15, 0.2) is 5.96 Å². The number of hydrogen-bond acceptors (Lipinski definition) is 3. The molecule has 1 fully saturated rings. The van der Waals surface area contributed by atoms with Gasteiger partial charge in [-0.1, -0.05) is 0 Å². The van der Waals surface area contributed by atoms with Crippen LogP contribution in [0.4, 0.5) is 0 Å². The van der Waals surface area contributed by atoms with Gasteiger partial charge in [0.25, 0.3) is 0 Å². The van der Waals surface area contributed by atoms with Crippen molar-refractivity contribution < 1.29 is 9.53 Å². The molecule has 1 aliphatic rings. The van der Waals surface area contributed by atoms with Crippen LogP contribution in [0.5, 0.6) is 0 Å². The molecule has 1 atom stereocenters. The number of carbonyl (C=O) groups is 1. The van der Waals surface area contributed by atoms with Crippen molar-refractivity contribution >= 4 is 11.9 Å². The summed E-state index contributed by atoms with van der Waals surface area (Å²) in [4.78, 5) is 18.3. The molecule has 0 aromatic rings. The number of nitrogens with zero attached hydrogens (tertiary/aromatic N) is 2. The molecule has 0 aromatic heterocycles. The Labute approximate surface area is 121 Å². The summed E-state index contributed by atoms with van der Waals surface area (Å²) in [5.41, 5.74) is -0.433. The molecule has 112 valence electrons. The number of terminal acetylenes is 1. The Bertz CT molecular complexity index is 404. The summed E-state index contributed by atoms with van der Waals surface area (Å²) in [6.07, 6.45) is 6.68. The van der Waals surface area contributed by atoms with Gasteiger partial charge in [-0.25, -0.2) is 0 Å². The van der Waals surface area contributed by atoms with E-state index in [1.54, 1.807) is 7.05 Å². The van der Waals surface area contributed by atoms with Crippen LogP contribution in [-0.2, 0) is 9.53 Å². The van der Waals surface area contributed by atoms with E-state index in [0.29, 0.717) is 19.5 Å². The zero-order valence-corrected chi connectivity index (χ0v) is 12.9. The first kappa shape index (κ1) is 16.4. The first-order chi connectivity index (χ1) is 9.37. The van der Waals surface area contributed by atoms with E-state index in [4.69, 9.17) is 11.2 Å². The molecule has 0 spiro atoms. The van der Waals surface area contributed by atoms with Crippen molar-refractivity contribution in [2.75, 3.05) is 26.7 Å². The van der Waals surface area contributed by atoms with Crippen LogP contribution in [0.2, 0.25) is 0 Å². The number of ether oxygens (including phenoxy) is 1. The highest BCUT2D eigenvalue weighted by Crippen LogP contribution is 2.20. The Balaban J connectivity index is 2.49. The van der Waals surface area contributed by atoms with Gasteiger partial charge in [-0.3, -0.25) is 9.79 Å². The first-order valence-corrected chi connectivity index (χ1v) is 6.99. The topological polar surface area (TPSA) is 53.9 Å². The third-order valence-electron chi connectivity index (χ3n) is 2.99. The molecular weight excluding hydrogens is 254 g/mol. The van der Waals surface area contributed by atoms with E-state index in [2.05, 4.69) is 21.1 Å². The Morgan fingerprint density at radius 3 is 2.80 bits per heavy atom. The van der Waals surface area contributed by atoms with Gasteiger partial charge in [-0.2, -0.15) is 0 Å². The summed E-state index contributed by atoms with van der Waals surface area (Å²) in [6.45, 7) is 7.80. The minimum absolute atomic E-state index is 0.0830. The summed E-state index contributed by atoms with van der Waals surface area (Å²) < 4.78 is 5.43. The second-order valence-corrected chi connectivity index (χ2v) is 5.89. The van der Waals surface area contributed by atoms with E-state index in [1.807, 2.05) is 20.8 Å². The van der Waals surface area contributed by atoms with Crippen molar-refractivity contribution in [2.45, 2.75) is 39.2 Å². The molecule has 0 radical (unpaired) electrons. The van der Waals surface area contributed by atoms with Crippen molar-refractivity contribution in [2.24, 2.45) is 10.9 Å². The molecule has 0 bridgehead atoms. The zero-order valence-electron chi connectivity index (χ0n) is 12.9. The second-order valence-electron chi connectivity index (χ2n) is 5.89. The van der Waals surface area contributed by atoms with Crippen molar-refractivity contribution in [3.63, 3.8) is 0 Å². The van der Waals surface area contributed by atoms with Crippen LogP contribution in [0.3, 0.4) is 0 Å². The third kappa shape index (κ3) is 5.12. The number of esters is 1. The highest BCUT2D eigenvalue weighted by atomic mass is 16.6. The number of guanidine groups is 1. The van der Waals surface area contributed by atoms with Crippen molar-refractivity contribution in [1.29, 1.82) is 0 Å². The minimum atomic E-state index is -0.433. The van der Waals surface area contributed by atoms with Gasteiger partial charge in [0, 0.05) is 33.1 Å². The Kier molecular flexibility index (Phi) is 5.87. The van der Waals surface area contributed by atoms with Crippen LogP contribution in [0, 0.1) is 18.3 Å². The normalized spacial score (nSPS) is 19.6. The predicted octanol–water partition coefficient (Wildman–Crippen LogP) is 1.25. The molecule has 0 aromatic carbocycles. The van der Waals surface area contributed by atoms with Gasteiger partial charge in [-0.15, -0.1) is 12.3 Å². The van der Waals surface area contributed by atoms with Gasteiger partial charge < -0.3 is 15.0 Å². The number of likely N-dealkylation sites (tertiary alicyclic amines) is 1. The van der Waals surface area contributed by atoms with Gasteiger partial charge in [0.05, 0.1) is 5.92 Å². The predicted molar refractivity (Wildman–Crippen MR) is 80.3 cm³/mol. The smallest absolute Gasteiger partial charge is 0.311 e. The quantitative estimate of drug-likeness (QED) is 0.278. The second kappa shape index (κ2) is 7.18. The molecule has 1 rings (SSSR count). The fourth-order valence-electron chi connectivity index (χ4n) is 2.11. The first-order valence-electron chi connectivity index (χ1n) is 6.99. The van der Waals surface area contributed by atoms with E-state index in [9.17, 15) is 4.79 Å². The van der Waals surface area contributed by atoms with Crippen LogP contribution in [-0.4, -0.2) is 49.1 Å². The fraction of sp³-hybridized carbons (Fsp3) is 0.733. The molecule has 0 aliphatic carbocycles. The Hall–Kier alpha value is -1.70. The molecular formula is C15H25N3O2. The maximum atomic E-state index is 12.0. The summed E-state index contributed by atoms with van der Waals surface area (Å²) in [5, 5.41) is 3.20. The molecule has 1 aliphatic heterocycles. The zero-order chi connectivity index (χ0) is 15.2. The molecule has 20 heavy (non-hydrogen) atoms. The molecule has 1 N–H and O–H groups in total. The van der Waals surface area contributed by atoms with E-state index < -0.39 is 5.60 Å². The van der Waals surface area contributed by atoms with E-state index in [-0.39, 0.29) is 11.9 Å². The highest BCUT2D eigenvalue weighted by Gasteiger charge is 2.33. The molecule has 1 heterocycles. The van der Waals surface area contributed by atoms with Crippen LogP contribution < -0.4 is 5.32 Å². The molecule has 0 amide bonds. The lowest BCUT2D eigenvalue weighted by Gasteiger charge is -2.23. The van der Waals surface area contributed by atoms with E-state index in [0.717, 1.165) is 18.9 Å². The highest BCUT2D eigenvalue weighted by molar-refractivity contribution is 5.82. The number of rotatable bonds is 3. The van der Waals surface area contributed by atoms with Crippen molar-refractivity contribution in [3.8, 4) is 12.3 Å². The molecule has 1 saturated heterocycles. The fourth-order valence-corrected chi connectivity index (χ4v) is 2.11. The van der Waals surface area contributed by atoms with Gasteiger partial charge >= 0.3 is 5.97 Å². The SMILES string of the molecule is C#CCCNC(=NC)N1CCC(C(=O)OC(C)(C)C)C1. The molecule has 5 heteroatoms. The van der Waals surface area contributed by atoms with E-state index in [1.165, 1.54) is 0 Å². The van der Waals surface area contributed by atoms with Crippen LogP contribution in [0.1, 0.15) is 33.6 Å². The summed E-state index contributed by atoms with van der Waals surface area (Å²) >= 11 is 0. The van der Waals surface area contributed by atoms with E-state index >= 15 is 0 Å². The lowest BCUT2D eigenvalue weighted by molar-refractivity contribution is -0.159. The van der Waals surface area contributed by atoms with Crippen LogP contribution in [0.15, 0.2) is 4.99 Å². The van der Waals surface area contributed by atoms with Crippen LogP contribution in [0.25, 0.3) is 0 Å². The number of hydrogen-bond donors (Lipinski definition) is 1. The monoisotopic (exact) mass is 279 g/mol. The molecule has 1 unspecified atom stereocenters. The maximum absolute atomic E-state index is 12.0. The van der Waals surface area contributed by atoms with Gasteiger partial charge in [-0.05, 0) is 27.2 Å². The minimum Gasteiger partial charge on any atom is -0.460 e. The largest absolute Gasteiger partial charge is 0.460 e.